The van der Waals surface area contributed by atoms with Crippen molar-refractivity contribution in [2.24, 2.45) is 0 Å². The van der Waals surface area contributed by atoms with Crippen molar-refractivity contribution in [2.75, 3.05) is 0 Å². The van der Waals surface area contributed by atoms with Crippen LogP contribution in [-0.4, -0.2) is 13.3 Å². The Kier molecular flexibility index (Phi) is 2.04. The molecule has 60 valence electrons. The van der Waals surface area contributed by atoms with Gasteiger partial charge in [-0.3, -0.25) is 4.79 Å². The predicted octanol–water partition coefficient (Wildman–Crippen LogP) is 1.61. The van der Waals surface area contributed by atoms with Gasteiger partial charge in [-0.2, -0.15) is 11.3 Å². The van der Waals surface area contributed by atoms with E-state index in [4.69, 9.17) is 0 Å². The normalized spacial score (nSPS) is 11.5. The summed E-state index contributed by atoms with van der Waals surface area (Å²) in [5.41, 5.74) is 0.0872. The summed E-state index contributed by atoms with van der Waals surface area (Å²) in [6.07, 6.45) is 0.405. The highest BCUT2D eigenvalue weighted by molar-refractivity contribution is 7.22. The predicted molar refractivity (Wildman–Crippen MR) is 38.4 cm³/mol. The molecule has 0 spiro atoms. The van der Waals surface area contributed by atoms with Crippen LogP contribution in [0.2, 0.25) is 0 Å². The van der Waals surface area contributed by atoms with Crippen LogP contribution in [0, 0.1) is 0 Å². The van der Waals surface area contributed by atoms with E-state index < -0.39 is 11.8 Å². The lowest BCUT2D eigenvalue weighted by molar-refractivity contribution is 0.112. The second-order valence-electron chi connectivity index (χ2n) is 1.98. The molecule has 0 saturated heterocycles. The number of carbonyl (C=O) groups is 1. The maximum Gasteiger partial charge on any atom is 0.519 e. The van der Waals surface area contributed by atoms with E-state index >= 15 is 0 Å². The summed E-state index contributed by atoms with van der Waals surface area (Å²) in [4.78, 5) is 9.99. The van der Waals surface area contributed by atoms with E-state index in [9.17, 15) is 17.7 Å². The maximum absolute atomic E-state index is 11.9. The van der Waals surface area contributed by atoms with Crippen molar-refractivity contribution in [1.29, 1.82) is 0 Å². The number of halogens is 3. The van der Waals surface area contributed by atoms with Crippen molar-refractivity contribution in [2.45, 2.75) is 0 Å². The molecule has 0 aliphatic carbocycles. The number of hydrogen-bond donors (Lipinski definition) is 0. The fraction of sp³-hybridized carbons (Fsp3) is 0. The van der Waals surface area contributed by atoms with Crippen LogP contribution in [0.1, 0.15) is 10.4 Å². The molecule has 11 heavy (non-hydrogen) atoms. The van der Waals surface area contributed by atoms with Crippen molar-refractivity contribution < 1.29 is 17.7 Å². The third-order valence-corrected chi connectivity index (χ3v) is 2.15. The van der Waals surface area contributed by atoms with E-state index in [2.05, 4.69) is 0 Å². The first kappa shape index (κ1) is 8.32. The molecule has 0 aliphatic rings. The monoisotopic (exact) mass is 179 g/mol. The Balaban J connectivity index is 2.98. The van der Waals surface area contributed by atoms with Gasteiger partial charge in [0.1, 0.15) is 0 Å². The average Bonchev–Trinajstić information content (AvgIpc) is 2.32. The second kappa shape index (κ2) is 2.69. The van der Waals surface area contributed by atoms with E-state index in [0.717, 1.165) is 6.07 Å². The molecule has 1 heterocycles. The molecule has 1 nitrogen and oxygen atoms in total. The largest absolute Gasteiger partial charge is 0.519 e. The summed E-state index contributed by atoms with van der Waals surface area (Å²) in [6.45, 7) is -4.93. The van der Waals surface area contributed by atoms with Gasteiger partial charge in [0.2, 0.25) is 0 Å². The fourth-order valence-electron chi connectivity index (χ4n) is 0.602. The minimum atomic E-state index is -4.93. The van der Waals surface area contributed by atoms with Gasteiger partial charge in [-0.05, 0) is 5.38 Å². The molecule has 0 saturated carbocycles. The highest BCUT2D eigenvalue weighted by Gasteiger charge is 2.27. The Morgan fingerprint density at radius 3 is 2.36 bits per heavy atom. The molecule has 1 aromatic rings. The Labute approximate surface area is 64.9 Å². The van der Waals surface area contributed by atoms with Crippen LogP contribution in [0.25, 0.3) is 0 Å². The summed E-state index contributed by atoms with van der Waals surface area (Å²) < 4.78 is 35.0. The Morgan fingerprint density at radius 2 is 2.09 bits per heavy atom. The van der Waals surface area contributed by atoms with Crippen LogP contribution in [0.4, 0.5) is 12.9 Å². The molecule has 0 aromatic carbocycles. The van der Waals surface area contributed by atoms with Gasteiger partial charge >= 0.3 is 6.98 Å². The summed E-state index contributed by atoms with van der Waals surface area (Å²) >= 11 is 0.553. The smallest absolute Gasteiger partial charge is 0.444 e. The molecule has 0 N–H and O–H groups in total. The molecule has 0 unspecified atom stereocenters. The minimum absolute atomic E-state index is 0.0872. The van der Waals surface area contributed by atoms with Gasteiger partial charge in [0.15, 0.2) is 6.29 Å². The van der Waals surface area contributed by atoms with Gasteiger partial charge in [0, 0.05) is 5.56 Å². The van der Waals surface area contributed by atoms with Crippen LogP contribution < -0.4 is 4.78 Å². The fourth-order valence-corrected chi connectivity index (χ4v) is 1.36. The number of rotatable bonds is 2. The van der Waals surface area contributed by atoms with E-state index in [1.807, 2.05) is 0 Å². The van der Waals surface area contributed by atoms with Crippen molar-refractivity contribution >= 4 is 29.4 Å². The van der Waals surface area contributed by atoms with Gasteiger partial charge in [0.25, 0.3) is 0 Å². The van der Waals surface area contributed by atoms with E-state index in [1.54, 1.807) is 0 Å². The van der Waals surface area contributed by atoms with Gasteiger partial charge in [-0.1, -0.05) is 10.8 Å². The van der Waals surface area contributed by atoms with Gasteiger partial charge in [0.05, 0.1) is 0 Å². The maximum atomic E-state index is 11.9. The molecular weight excluding hydrogens is 176 g/mol. The van der Waals surface area contributed by atoms with Gasteiger partial charge in [-0.15, -0.1) is 0 Å². The summed E-state index contributed by atoms with van der Waals surface area (Å²) in [7, 11) is 0. The summed E-state index contributed by atoms with van der Waals surface area (Å²) in [5, 5.41) is 1.19. The molecule has 6 heteroatoms. The molecule has 0 bridgehead atoms. The lowest BCUT2D eigenvalue weighted by Crippen LogP contribution is -2.30. The highest BCUT2D eigenvalue weighted by Crippen LogP contribution is 2.14. The van der Waals surface area contributed by atoms with Crippen LogP contribution in [-0.2, 0) is 0 Å². The zero-order valence-electron chi connectivity index (χ0n) is 5.26. The first-order chi connectivity index (χ1) is 5.04. The van der Waals surface area contributed by atoms with Crippen molar-refractivity contribution in [3.8, 4) is 0 Å². The molecule has 0 aliphatic heterocycles. The molecule has 0 atom stereocenters. The quantitative estimate of drug-likeness (QED) is 0.497. The Morgan fingerprint density at radius 1 is 1.45 bits per heavy atom. The van der Waals surface area contributed by atoms with E-state index in [1.165, 1.54) is 5.38 Å². The minimum Gasteiger partial charge on any atom is -0.444 e. The SMILES string of the molecule is O=Cc1csc([B-](F)(F)F)c1. The first-order valence-corrected chi connectivity index (χ1v) is 3.65. The lowest BCUT2D eigenvalue weighted by atomic mass is 9.89. The molecule has 1 aromatic heterocycles. The Hall–Kier alpha value is -0.775. The average molecular weight is 179 g/mol. The molecule has 0 fully saturated rings. The van der Waals surface area contributed by atoms with Gasteiger partial charge < -0.3 is 12.9 Å². The molecule has 1 rings (SSSR count). The topological polar surface area (TPSA) is 17.1 Å². The summed E-state index contributed by atoms with van der Waals surface area (Å²) in [6, 6.07) is 0.859. The zero-order chi connectivity index (χ0) is 8.48. The van der Waals surface area contributed by atoms with Crippen molar-refractivity contribution in [3.05, 3.63) is 17.0 Å². The standard InChI is InChI=1S/C5H3BF3OS/c7-6(8,9)5-1-4(2-10)3-11-5/h1-3H/q-1. The summed E-state index contributed by atoms with van der Waals surface area (Å²) in [5.74, 6) is 0. The third kappa shape index (κ3) is 1.83. The first-order valence-electron chi connectivity index (χ1n) is 2.77. The highest BCUT2D eigenvalue weighted by atomic mass is 32.1. The zero-order valence-corrected chi connectivity index (χ0v) is 6.08. The number of carbonyl (C=O) groups excluding carboxylic acids is 1. The second-order valence-corrected chi connectivity index (χ2v) is 2.92. The van der Waals surface area contributed by atoms with E-state index in [-0.39, 0.29) is 5.56 Å². The lowest BCUT2D eigenvalue weighted by Gasteiger charge is -2.09. The number of aldehydes is 1. The van der Waals surface area contributed by atoms with Crippen LogP contribution >= 0.6 is 11.3 Å². The number of thiophene rings is 1. The molecule has 0 radical (unpaired) electrons. The Bertz CT molecular complexity index is 267. The van der Waals surface area contributed by atoms with Crippen molar-refractivity contribution in [3.63, 3.8) is 0 Å². The van der Waals surface area contributed by atoms with E-state index in [0.29, 0.717) is 17.6 Å². The molecular formula is C5H3BF3OS-. The van der Waals surface area contributed by atoms with Crippen LogP contribution in [0.15, 0.2) is 11.4 Å². The van der Waals surface area contributed by atoms with Crippen LogP contribution in [0.5, 0.6) is 0 Å². The van der Waals surface area contributed by atoms with Crippen LogP contribution in [0.3, 0.4) is 0 Å². The third-order valence-electron chi connectivity index (χ3n) is 1.10. The molecule has 0 amide bonds. The number of hydrogen-bond acceptors (Lipinski definition) is 2. The van der Waals surface area contributed by atoms with Crippen molar-refractivity contribution in [1.82, 2.24) is 0 Å². The van der Waals surface area contributed by atoms with Gasteiger partial charge in [-0.25, -0.2) is 0 Å².